The van der Waals surface area contributed by atoms with Crippen LogP contribution in [0.1, 0.15) is 17.3 Å². The van der Waals surface area contributed by atoms with Gasteiger partial charge in [0.15, 0.2) is 5.78 Å². The van der Waals surface area contributed by atoms with Crippen molar-refractivity contribution in [3.63, 3.8) is 0 Å². The fourth-order valence-corrected chi connectivity index (χ4v) is 2.13. The third-order valence-corrected chi connectivity index (χ3v) is 3.18. The summed E-state index contributed by atoms with van der Waals surface area (Å²) in [6.45, 7) is 1.58. The number of hydrogen-bond acceptors (Lipinski definition) is 1. The van der Waals surface area contributed by atoms with E-state index in [9.17, 15) is 4.79 Å². The summed E-state index contributed by atoms with van der Waals surface area (Å²) < 4.78 is 0. The smallest absolute Gasteiger partial charge is 0.159 e. The zero-order chi connectivity index (χ0) is 12.5. The van der Waals surface area contributed by atoms with E-state index in [0.29, 0.717) is 0 Å². The van der Waals surface area contributed by atoms with Crippen LogP contribution in [0, 0.1) is 0 Å². The maximum atomic E-state index is 11.2. The third-order valence-electron chi connectivity index (χ3n) is 3.18. The Morgan fingerprint density at radius 2 is 1.67 bits per heavy atom. The predicted octanol–water partition coefficient (Wildman–Crippen LogP) is 4.04. The van der Waals surface area contributed by atoms with Crippen molar-refractivity contribution in [2.75, 3.05) is 0 Å². The second-order valence-corrected chi connectivity index (χ2v) is 4.41. The first-order valence-electron chi connectivity index (χ1n) is 5.92. The molecule has 0 amide bonds. The van der Waals surface area contributed by atoms with E-state index < -0.39 is 0 Å². The molecule has 3 rings (SSSR count). The number of benzene rings is 2. The van der Waals surface area contributed by atoms with Crippen LogP contribution in [-0.4, -0.2) is 10.8 Å². The highest BCUT2D eigenvalue weighted by Gasteiger charge is 2.02. The first-order chi connectivity index (χ1) is 8.74. The number of rotatable bonds is 2. The molecule has 3 aromatic rings. The number of aromatic amines is 1. The lowest BCUT2D eigenvalue weighted by molar-refractivity contribution is 0.101. The Bertz CT molecular complexity index is 707. The van der Waals surface area contributed by atoms with Gasteiger partial charge < -0.3 is 4.98 Å². The average Bonchev–Trinajstić information content (AvgIpc) is 2.86. The van der Waals surface area contributed by atoms with E-state index in [1.165, 1.54) is 5.39 Å². The van der Waals surface area contributed by atoms with Crippen molar-refractivity contribution in [3.8, 4) is 11.1 Å². The standard InChI is InChI=1S/C16H13NO/c1-11(18)12-2-4-13(5-3-12)14-6-7-16-15(10-14)8-9-17-16/h2-10,17H,1H3. The van der Waals surface area contributed by atoms with Gasteiger partial charge in [0.25, 0.3) is 0 Å². The van der Waals surface area contributed by atoms with E-state index in [2.05, 4.69) is 29.2 Å². The summed E-state index contributed by atoms with van der Waals surface area (Å²) in [5.41, 5.74) is 4.18. The average molecular weight is 235 g/mol. The molecular formula is C16H13NO. The van der Waals surface area contributed by atoms with Crippen LogP contribution < -0.4 is 0 Å². The topological polar surface area (TPSA) is 32.9 Å². The summed E-state index contributed by atoms with van der Waals surface area (Å²) in [6, 6.07) is 16.1. The van der Waals surface area contributed by atoms with E-state index in [1.54, 1.807) is 6.92 Å². The van der Waals surface area contributed by atoms with Gasteiger partial charge in [-0.25, -0.2) is 0 Å². The van der Waals surface area contributed by atoms with Gasteiger partial charge in [-0.2, -0.15) is 0 Å². The first-order valence-corrected chi connectivity index (χ1v) is 5.92. The van der Waals surface area contributed by atoms with Crippen molar-refractivity contribution in [3.05, 3.63) is 60.3 Å². The molecule has 0 fully saturated rings. The number of fused-ring (bicyclic) bond motifs is 1. The molecule has 88 valence electrons. The van der Waals surface area contributed by atoms with Crippen LogP contribution in [0.4, 0.5) is 0 Å². The van der Waals surface area contributed by atoms with Gasteiger partial charge in [0.05, 0.1) is 0 Å². The minimum absolute atomic E-state index is 0.0997. The van der Waals surface area contributed by atoms with Crippen LogP contribution in [0.2, 0.25) is 0 Å². The fraction of sp³-hybridized carbons (Fsp3) is 0.0625. The molecule has 1 heterocycles. The summed E-state index contributed by atoms with van der Waals surface area (Å²) in [6.07, 6.45) is 1.94. The number of aromatic nitrogens is 1. The van der Waals surface area contributed by atoms with Gasteiger partial charge in [0, 0.05) is 17.3 Å². The highest BCUT2D eigenvalue weighted by Crippen LogP contribution is 2.24. The monoisotopic (exact) mass is 235 g/mol. The second-order valence-electron chi connectivity index (χ2n) is 4.41. The van der Waals surface area contributed by atoms with Crippen LogP contribution in [-0.2, 0) is 0 Å². The predicted molar refractivity (Wildman–Crippen MR) is 73.7 cm³/mol. The Balaban J connectivity index is 2.05. The highest BCUT2D eigenvalue weighted by molar-refractivity contribution is 5.94. The molecule has 1 N–H and O–H groups in total. The molecule has 0 radical (unpaired) electrons. The molecule has 1 aromatic heterocycles. The largest absolute Gasteiger partial charge is 0.361 e. The summed E-state index contributed by atoms with van der Waals surface area (Å²) in [5.74, 6) is 0.0997. The highest BCUT2D eigenvalue weighted by atomic mass is 16.1. The Morgan fingerprint density at radius 3 is 2.39 bits per heavy atom. The first kappa shape index (κ1) is 10.8. The minimum Gasteiger partial charge on any atom is -0.361 e. The SMILES string of the molecule is CC(=O)c1ccc(-c2ccc3[nH]ccc3c2)cc1. The lowest BCUT2D eigenvalue weighted by atomic mass is 10.0. The van der Waals surface area contributed by atoms with Crippen molar-refractivity contribution >= 4 is 16.7 Å². The summed E-state index contributed by atoms with van der Waals surface area (Å²) in [5, 5.41) is 1.20. The minimum atomic E-state index is 0.0997. The molecule has 2 heteroatoms. The molecule has 18 heavy (non-hydrogen) atoms. The van der Waals surface area contributed by atoms with Crippen molar-refractivity contribution in [1.29, 1.82) is 0 Å². The van der Waals surface area contributed by atoms with E-state index in [4.69, 9.17) is 0 Å². The molecule has 0 aliphatic heterocycles. The number of carbonyl (C=O) groups excluding carboxylic acids is 1. The maximum Gasteiger partial charge on any atom is 0.159 e. The zero-order valence-corrected chi connectivity index (χ0v) is 10.1. The molecule has 0 unspecified atom stereocenters. The summed E-state index contributed by atoms with van der Waals surface area (Å²) in [7, 11) is 0. The number of carbonyl (C=O) groups is 1. The van der Waals surface area contributed by atoms with Gasteiger partial charge >= 0.3 is 0 Å². The molecule has 0 saturated heterocycles. The second kappa shape index (κ2) is 4.15. The third kappa shape index (κ3) is 1.82. The van der Waals surface area contributed by atoms with Gasteiger partial charge in [-0.05, 0) is 41.6 Å². The lowest BCUT2D eigenvalue weighted by Gasteiger charge is -2.03. The molecule has 0 aliphatic carbocycles. The van der Waals surface area contributed by atoms with Crippen LogP contribution in [0.15, 0.2) is 54.7 Å². The Kier molecular flexibility index (Phi) is 2.49. The van der Waals surface area contributed by atoms with Crippen molar-refractivity contribution in [1.82, 2.24) is 4.98 Å². The maximum absolute atomic E-state index is 11.2. The Hall–Kier alpha value is -2.35. The molecule has 0 atom stereocenters. The Morgan fingerprint density at radius 1 is 0.944 bits per heavy atom. The lowest BCUT2D eigenvalue weighted by Crippen LogP contribution is -1.90. The number of Topliss-reactive ketones (excluding diaryl/α,β-unsaturated/α-hetero) is 1. The Labute approximate surface area is 105 Å². The van der Waals surface area contributed by atoms with Crippen molar-refractivity contribution in [2.45, 2.75) is 6.92 Å². The molecule has 2 aromatic carbocycles. The number of ketones is 1. The quantitative estimate of drug-likeness (QED) is 0.668. The molecule has 0 aliphatic rings. The van der Waals surface area contributed by atoms with Crippen molar-refractivity contribution in [2.24, 2.45) is 0 Å². The van der Waals surface area contributed by atoms with Crippen LogP contribution >= 0.6 is 0 Å². The van der Waals surface area contributed by atoms with Gasteiger partial charge in [0.1, 0.15) is 0 Å². The fourth-order valence-electron chi connectivity index (χ4n) is 2.13. The number of H-pyrrole nitrogens is 1. The van der Waals surface area contributed by atoms with Gasteiger partial charge in [-0.15, -0.1) is 0 Å². The number of nitrogens with one attached hydrogen (secondary N) is 1. The van der Waals surface area contributed by atoms with E-state index in [0.717, 1.165) is 22.2 Å². The molecule has 0 saturated carbocycles. The van der Waals surface area contributed by atoms with E-state index >= 15 is 0 Å². The normalized spacial score (nSPS) is 10.7. The molecular weight excluding hydrogens is 222 g/mol. The van der Waals surface area contributed by atoms with Crippen LogP contribution in [0.25, 0.3) is 22.0 Å². The molecule has 0 spiro atoms. The van der Waals surface area contributed by atoms with E-state index in [-0.39, 0.29) is 5.78 Å². The van der Waals surface area contributed by atoms with Gasteiger partial charge in [-0.3, -0.25) is 4.79 Å². The number of hydrogen-bond donors (Lipinski definition) is 1. The molecule has 0 bridgehead atoms. The van der Waals surface area contributed by atoms with Crippen LogP contribution in [0.5, 0.6) is 0 Å². The summed E-state index contributed by atoms with van der Waals surface area (Å²) >= 11 is 0. The van der Waals surface area contributed by atoms with Crippen LogP contribution in [0.3, 0.4) is 0 Å². The van der Waals surface area contributed by atoms with Gasteiger partial charge in [0.2, 0.25) is 0 Å². The molecule has 2 nitrogen and oxygen atoms in total. The van der Waals surface area contributed by atoms with E-state index in [1.807, 2.05) is 30.5 Å². The van der Waals surface area contributed by atoms with Crippen molar-refractivity contribution < 1.29 is 4.79 Å². The zero-order valence-electron chi connectivity index (χ0n) is 10.1. The summed E-state index contributed by atoms with van der Waals surface area (Å²) in [4.78, 5) is 14.4. The van der Waals surface area contributed by atoms with Gasteiger partial charge in [-0.1, -0.05) is 30.3 Å².